The molecule has 0 fully saturated rings. The second-order valence-electron chi connectivity index (χ2n) is 2.79. The molecule has 0 nitrogen and oxygen atoms in total. The zero-order valence-corrected chi connectivity index (χ0v) is 10.6. The molecule has 1 aliphatic carbocycles. The van der Waals surface area contributed by atoms with Crippen LogP contribution in [0.1, 0.15) is 0 Å². The van der Waals surface area contributed by atoms with Crippen molar-refractivity contribution in [2.24, 2.45) is 0 Å². The van der Waals surface area contributed by atoms with Gasteiger partial charge < -0.3 is 0 Å². The van der Waals surface area contributed by atoms with Crippen molar-refractivity contribution in [1.82, 2.24) is 0 Å². The SMILES string of the molecule is Cl[Te]1(Cl)C=CC2=CC=CC=CC2=C1. The average Bonchev–Trinajstić information content (AvgIpc) is 2.27. The maximum atomic E-state index is 6.16. The van der Waals surface area contributed by atoms with E-state index >= 15 is 0 Å². The van der Waals surface area contributed by atoms with Crippen LogP contribution in [0.4, 0.5) is 0 Å². The summed E-state index contributed by atoms with van der Waals surface area (Å²) in [6.45, 7) is 0. The molecule has 1 heterocycles. The van der Waals surface area contributed by atoms with Crippen LogP contribution < -0.4 is 0 Å². The number of hydrogen-bond donors (Lipinski definition) is 0. The van der Waals surface area contributed by atoms with Gasteiger partial charge in [-0.15, -0.1) is 0 Å². The van der Waals surface area contributed by atoms with Gasteiger partial charge in [0.25, 0.3) is 0 Å². The van der Waals surface area contributed by atoms with Gasteiger partial charge in [0.1, 0.15) is 0 Å². The Morgan fingerprint density at radius 2 is 1.77 bits per heavy atom. The first-order chi connectivity index (χ1) is 6.17. The van der Waals surface area contributed by atoms with Gasteiger partial charge in [-0.25, -0.2) is 0 Å². The van der Waals surface area contributed by atoms with Gasteiger partial charge >= 0.3 is 89.7 Å². The monoisotopic (exact) mass is 328 g/mol. The topological polar surface area (TPSA) is 0 Å². The van der Waals surface area contributed by atoms with Crippen LogP contribution in [0.25, 0.3) is 0 Å². The molecule has 0 saturated carbocycles. The van der Waals surface area contributed by atoms with Crippen LogP contribution in [-0.2, 0) is 0 Å². The first kappa shape index (κ1) is 9.62. The normalized spacial score (nSPS) is 25.7. The molecular formula is C10H8Cl2Te. The van der Waals surface area contributed by atoms with Crippen LogP contribution in [-0.4, -0.2) is 15.9 Å². The Balaban J connectivity index is 2.46. The van der Waals surface area contributed by atoms with Gasteiger partial charge in [-0.1, -0.05) is 0 Å². The minimum atomic E-state index is -2.75. The van der Waals surface area contributed by atoms with E-state index in [0.717, 1.165) is 5.57 Å². The van der Waals surface area contributed by atoms with Crippen molar-refractivity contribution >= 4 is 33.9 Å². The van der Waals surface area contributed by atoms with E-state index in [0.29, 0.717) is 0 Å². The fourth-order valence-corrected chi connectivity index (χ4v) is 5.92. The van der Waals surface area contributed by atoms with Crippen molar-refractivity contribution in [3.8, 4) is 0 Å². The molecule has 0 N–H and O–H groups in total. The first-order valence-corrected chi connectivity index (χ1v) is 12.4. The summed E-state index contributed by atoms with van der Waals surface area (Å²) >= 11 is -2.75. The molecule has 3 heteroatoms. The molecule has 0 unspecified atom stereocenters. The molecule has 1 aliphatic heterocycles. The number of halogens is 2. The predicted molar refractivity (Wildman–Crippen MR) is 61.0 cm³/mol. The Hall–Kier alpha value is 0.0696. The van der Waals surface area contributed by atoms with Crippen LogP contribution in [0, 0.1) is 0 Å². The van der Waals surface area contributed by atoms with Crippen LogP contribution in [0.2, 0.25) is 0 Å². The van der Waals surface area contributed by atoms with Gasteiger partial charge in [0.15, 0.2) is 0 Å². The van der Waals surface area contributed by atoms with Crippen molar-refractivity contribution < 1.29 is 0 Å². The Kier molecular flexibility index (Phi) is 2.72. The van der Waals surface area contributed by atoms with Gasteiger partial charge in [-0.3, -0.25) is 0 Å². The average molecular weight is 327 g/mol. The van der Waals surface area contributed by atoms with Crippen molar-refractivity contribution in [3.63, 3.8) is 0 Å². The summed E-state index contributed by atoms with van der Waals surface area (Å²) in [5, 5.41) is 0. The molecule has 0 atom stereocenters. The van der Waals surface area contributed by atoms with E-state index in [1.807, 2.05) is 38.6 Å². The molecule has 0 aromatic rings. The molecule has 68 valence electrons. The maximum absolute atomic E-state index is 6.16. The summed E-state index contributed by atoms with van der Waals surface area (Å²) < 4.78 is 3.99. The van der Waals surface area contributed by atoms with E-state index in [1.54, 1.807) is 0 Å². The molecule has 0 aromatic heterocycles. The first-order valence-electron chi connectivity index (χ1n) is 3.85. The van der Waals surface area contributed by atoms with Gasteiger partial charge in [0.05, 0.1) is 0 Å². The molecular weight excluding hydrogens is 319 g/mol. The van der Waals surface area contributed by atoms with Crippen LogP contribution in [0.15, 0.2) is 55.9 Å². The summed E-state index contributed by atoms with van der Waals surface area (Å²) in [6.07, 6.45) is 12.1. The second kappa shape index (κ2) is 3.67. The van der Waals surface area contributed by atoms with E-state index in [4.69, 9.17) is 17.9 Å². The molecule has 0 aromatic carbocycles. The summed E-state index contributed by atoms with van der Waals surface area (Å²) in [6, 6.07) is 0. The molecule has 0 radical (unpaired) electrons. The van der Waals surface area contributed by atoms with Gasteiger partial charge in [0, 0.05) is 0 Å². The van der Waals surface area contributed by atoms with Gasteiger partial charge in [-0.2, -0.15) is 0 Å². The van der Waals surface area contributed by atoms with Crippen molar-refractivity contribution in [2.45, 2.75) is 0 Å². The van der Waals surface area contributed by atoms with Crippen LogP contribution in [0.5, 0.6) is 0 Å². The zero-order valence-electron chi connectivity index (χ0n) is 6.78. The molecule has 13 heavy (non-hydrogen) atoms. The fraction of sp³-hybridized carbons (Fsp3) is 0. The van der Waals surface area contributed by atoms with E-state index in [9.17, 15) is 0 Å². The minimum absolute atomic E-state index is 1.15. The summed E-state index contributed by atoms with van der Waals surface area (Å²) in [5.41, 5.74) is 2.34. The zero-order chi connectivity index (χ0) is 9.31. The van der Waals surface area contributed by atoms with Crippen LogP contribution in [0.3, 0.4) is 0 Å². The molecule has 0 saturated heterocycles. The summed E-state index contributed by atoms with van der Waals surface area (Å²) in [7, 11) is 12.3. The van der Waals surface area contributed by atoms with Gasteiger partial charge in [-0.05, 0) is 0 Å². The predicted octanol–water partition coefficient (Wildman–Crippen LogP) is 3.53. The molecule has 2 rings (SSSR count). The van der Waals surface area contributed by atoms with Crippen LogP contribution >= 0.6 is 17.9 Å². The van der Waals surface area contributed by atoms with Crippen molar-refractivity contribution in [3.05, 3.63) is 55.9 Å². The third kappa shape index (κ3) is 2.30. The second-order valence-corrected chi connectivity index (χ2v) is 15.3. The third-order valence-electron chi connectivity index (χ3n) is 1.82. The third-order valence-corrected chi connectivity index (χ3v) is 7.44. The summed E-state index contributed by atoms with van der Waals surface area (Å²) in [4.78, 5) is 0. The number of fused-ring (bicyclic) bond motifs is 1. The molecule has 0 bridgehead atoms. The Morgan fingerprint density at radius 3 is 2.62 bits per heavy atom. The standard InChI is InChI=1S/C10H8Cl2Te/c11-13(12)7-6-9-4-2-1-3-5-10(9)8-13/h1-8H. The van der Waals surface area contributed by atoms with Gasteiger partial charge in [0.2, 0.25) is 0 Å². The van der Waals surface area contributed by atoms with Crippen molar-refractivity contribution in [2.75, 3.05) is 0 Å². The van der Waals surface area contributed by atoms with E-state index in [1.165, 1.54) is 5.57 Å². The quantitative estimate of drug-likeness (QED) is 0.597. The Bertz CT molecular complexity index is 370. The Labute approximate surface area is 89.2 Å². The molecule has 2 aliphatic rings. The van der Waals surface area contributed by atoms with E-state index in [-0.39, 0.29) is 0 Å². The number of hydrogen-bond acceptors (Lipinski definition) is 0. The summed E-state index contributed by atoms with van der Waals surface area (Å²) in [5.74, 6) is 0. The number of allylic oxidation sites excluding steroid dienone is 8. The fourth-order valence-electron chi connectivity index (χ4n) is 1.21. The molecule has 0 spiro atoms. The Morgan fingerprint density at radius 1 is 0.923 bits per heavy atom. The van der Waals surface area contributed by atoms with E-state index < -0.39 is 15.9 Å². The van der Waals surface area contributed by atoms with Crippen molar-refractivity contribution in [1.29, 1.82) is 0 Å². The number of rotatable bonds is 0. The van der Waals surface area contributed by atoms with E-state index in [2.05, 4.69) is 6.08 Å². The molecule has 0 amide bonds.